The van der Waals surface area contributed by atoms with Gasteiger partial charge in [-0.2, -0.15) is 10.4 Å². The second-order valence-electron chi connectivity index (χ2n) is 11.7. The van der Waals surface area contributed by atoms with Gasteiger partial charge in [-0.3, -0.25) is 14.3 Å². The fourth-order valence-corrected chi connectivity index (χ4v) is 6.30. The smallest absolute Gasteiger partial charge is 0.330 e. The summed E-state index contributed by atoms with van der Waals surface area (Å²) in [4.78, 5) is 45.9. The number of piperazine rings is 1. The zero-order valence-electron chi connectivity index (χ0n) is 22.8. The molecule has 0 radical (unpaired) electrons. The largest absolute Gasteiger partial charge is 0.332 e. The molecule has 4 amide bonds. The van der Waals surface area contributed by atoms with Crippen molar-refractivity contribution in [2.24, 2.45) is 0 Å². The van der Waals surface area contributed by atoms with E-state index in [2.05, 4.69) is 20.8 Å². The number of aromatic nitrogens is 2. The number of amides is 4. The zero-order valence-corrected chi connectivity index (χ0v) is 23.5. The van der Waals surface area contributed by atoms with Gasteiger partial charge in [0.2, 0.25) is 0 Å². The maximum atomic E-state index is 14.1. The van der Waals surface area contributed by atoms with E-state index in [0.717, 1.165) is 16.2 Å². The molecule has 4 heterocycles. The van der Waals surface area contributed by atoms with Crippen molar-refractivity contribution in [3.8, 4) is 6.07 Å². The Morgan fingerprint density at radius 1 is 1.15 bits per heavy atom. The molecule has 40 heavy (non-hydrogen) atoms. The lowest BCUT2D eigenvalue weighted by Gasteiger charge is -2.34. The Morgan fingerprint density at radius 3 is 2.55 bits per heavy atom. The maximum absolute atomic E-state index is 14.1. The number of benzene rings is 2. The molecule has 0 N–H and O–H groups in total. The SMILES string of the molecule is Cc1c(N2C(=O)[C@H]3C4CC(CN4C(=O)c4cc(C(C)(C)C)nn4Cc4ccccc4)N3C2=O)ccc(C#N)c1Cl. The number of carbonyl (C=O) groups excluding carboxylic acids is 3. The topological polar surface area (TPSA) is 103 Å². The summed E-state index contributed by atoms with van der Waals surface area (Å²) in [5, 5.41) is 14.3. The van der Waals surface area contributed by atoms with Crippen LogP contribution in [0.1, 0.15) is 60.1 Å². The molecule has 3 saturated heterocycles. The van der Waals surface area contributed by atoms with Crippen molar-refractivity contribution in [2.75, 3.05) is 11.4 Å². The molecule has 3 aliphatic rings. The number of halogens is 1. The monoisotopic (exact) mass is 556 g/mol. The van der Waals surface area contributed by atoms with Crippen LogP contribution < -0.4 is 4.90 Å². The summed E-state index contributed by atoms with van der Waals surface area (Å²) in [6.07, 6.45) is 0.549. The van der Waals surface area contributed by atoms with Crippen LogP contribution in [-0.2, 0) is 16.8 Å². The number of nitriles is 1. The Hall–Kier alpha value is -4.16. The van der Waals surface area contributed by atoms with Crippen LogP contribution in [0.15, 0.2) is 48.5 Å². The molecule has 2 bridgehead atoms. The fourth-order valence-electron chi connectivity index (χ4n) is 6.10. The third kappa shape index (κ3) is 3.89. The molecule has 9 nitrogen and oxygen atoms in total. The quantitative estimate of drug-likeness (QED) is 0.440. The predicted octanol–water partition coefficient (Wildman–Crippen LogP) is 4.50. The van der Waals surface area contributed by atoms with Gasteiger partial charge in [-0.15, -0.1) is 0 Å². The summed E-state index contributed by atoms with van der Waals surface area (Å²) in [6, 6.07) is 14.9. The van der Waals surface area contributed by atoms with E-state index in [4.69, 9.17) is 16.7 Å². The predicted molar refractivity (Wildman–Crippen MR) is 149 cm³/mol. The minimum Gasteiger partial charge on any atom is -0.330 e. The molecule has 1 aromatic heterocycles. The first-order valence-corrected chi connectivity index (χ1v) is 13.7. The van der Waals surface area contributed by atoms with Crippen LogP contribution in [0.5, 0.6) is 0 Å². The highest BCUT2D eigenvalue weighted by Crippen LogP contribution is 2.44. The minimum absolute atomic E-state index is 0.192. The highest BCUT2D eigenvalue weighted by atomic mass is 35.5. The molecule has 2 unspecified atom stereocenters. The molecule has 6 rings (SSSR count). The van der Waals surface area contributed by atoms with Gasteiger partial charge in [-0.1, -0.05) is 62.7 Å². The van der Waals surface area contributed by atoms with Crippen LogP contribution in [0.2, 0.25) is 5.02 Å². The van der Waals surface area contributed by atoms with Crippen molar-refractivity contribution in [1.82, 2.24) is 19.6 Å². The van der Waals surface area contributed by atoms with Crippen LogP contribution in [0.3, 0.4) is 0 Å². The number of anilines is 1. The molecule has 3 aromatic rings. The number of nitrogens with zero attached hydrogens (tertiary/aromatic N) is 6. The van der Waals surface area contributed by atoms with E-state index in [0.29, 0.717) is 36.5 Å². The lowest BCUT2D eigenvalue weighted by Crippen LogP contribution is -2.55. The van der Waals surface area contributed by atoms with Crippen LogP contribution in [-0.4, -0.2) is 62.1 Å². The van der Waals surface area contributed by atoms with Gasteiger partial charge in [0.25, 0.3) is 11.8 Å². The summed E-state index contributed by atoms with van der Waals surface area (Å²) < 4.78 is 1.75. The van der Waals surface area contributed by atoms with Gasteiger partial charge >= 0.3 is 6.03 Å². The van der Waals surface area contributed by atoms with E-state index in [-0.39, 0.29) is 33.9 Å². The van der Waals surface area contributed by atoms with E-state index >= 15 is 0 Å². The summed E-state index contributed by atoms with van der Waals surface area (Å²) in [6.45, 7) is 8.65. The highest BCUT2D eigenvalue weighted by Gasteiger charge is 2.63. The van der Waals surface area contributed by atoms with Gasteiger partial charge in [-0.05, 0) is 42.7 Å². The van der Waals surface area contributed by atoms with Gasteiger partial charge in [0.05, 0.1) is 40.6 Å². The number of hydrogen-bond donors (Lipinski definition) is 0. The molecule has 204 valence electrons. The van der Waals surface area contributed by atoms with Gasteiger partial charge in [0, 0.05) is 12.0 Å². The summed E-state index contributed by atoms with van der Waals surface area (Å²) >= 11 is 6.36. The van der Waals surface area contributed by atoms with Gasteiger partial charge < -0.3 is 9.80 Å². The minimum atomic E-state index is -0.767. The fraction of sp³-hybridized carbons (Fsp3) is 0.367. The van der Waals surface area contributed by atoms with Crippen LogP contribution >= 0.6 is 11.6 Å². The Balaban J connectivity index is 1.32. The van der Waals surface area contributed by atoms with Crippen molar-refractivity contribution in [3.05, 3.63) is 81.6 Å². The molecule has 3 fully saturated rings. The Kier molecular flexibility index (Phi) is 6.00. The van der Waals surface area contributed by atoms with Crippen molar-refractivity contribution < 1.29 is 14.4 Å². The molecule has 2 aromatic carbocycles. The van der Waals surface area contributed by atoms with Crippen LogP contribution in [0, 0.1) is 18.3 Å². The summed E-state index contributed by atoms with van der Waals surface area (Å²) in [7, 11) is 0. The second kappa shape index (κ2) is 9.20. The van der Waals surface area contributed by atoms with Crippen LogP contribution in [0.25, 0.3) is 0 Å². The first-order valence-electron chi connectivity index (χ1n) is 13.3. The Labute approximate surface area is 237 Å². The number of likely N-dealkylation sites (tertiary alicyclic amines) is 1. The number of hydrogen-bond acceptors (Lipinski definition) is 5. The lowest BCUT2D eigenvalue weighted by atomic mass is 9.92. The standard InChI is InChI=1S/C30H29ClN6O3/c1-17-21(11-10-19(14-32)25(17)31)37-28(39)26-22-12-20(36(26)29(37)40)16-34(22)27(38)23-13-24(30(2,3)4)33-35(23)15-18-8-6-5-7-9-18/h5-11,13,20,22,26H,12,15-16H2,1-4H3/t20?,22?,26-/m1/s1. The van der Waals surface area contributed by atoms with Gasteiger partial charge in [0.1, 0.15) is 17.8 Å². The molecule has 0 saturated carbocycles. The number of urea groups is 1. The molecule has 0 aliphatic carbocycles. The van der Waals surface area contributed by atoms with Gasteiger partial charge in [-0.25, -0.2) is 9.69 Å². The van der Waals surface area contributed by atoms with Crippen molar-refractivity contribution in [1.29, 1.82) is 5.26 Å². The molecule has 0 spiro atoms. The Bertz CT molecular complexity index is 1600. The average Bonchev–Trinajstić information content (AvgIpc) is 3.68. The third-order valence-corrected chi connectivity index (χ3v) is 8.67. The van der Waals surface area contributed by atoms with Crippen LogP contribution in [0.4, 0.5) is 10.5 Å². The second-order valence-corrected chi connectivity index (χ2v) is 12.1. The molecular weight excluding hydrogens is 528 g/mol. The third-order valence-electron chi connectivity index (χ3n) is 8.19. The Morgan fingerprint density at radius 2 is 1.88 bits per heavy atom. The van der Waals surface area contributed by atoms with E-state index in [1.807, 2.05) is 42.5 Å². The number of imide groups is 1. The summed E-state index contributed by atoms with van der Waals surface area (Å²) in [5.74, 6) is -0.575. The highest BCUT2D eigenvalue weighted by molar-refractivity contribution is 6.33. The number of rotatable bonds is 4. The number of fused-ring (bicyclic) bond motifs is 5. The molecule has 3 atom stereocenters. The average molecular weight is 557 g/mol. The van der Waals surface area contributed by atoms with E-state index < -0.39 is 18.1 Å². The zero-order chi connectivity index (χ0) is 28.5. The van der Waals surface area contributed by atoms with Gasteiger partial charge in [0.15, 0.2) is 0 Å². The normalized spacial score (nSPS) is 21.8. The lowest BCUT2D eigenvalue weighted by molar-refractivity contribution is -0.121. The summed E-state index contributed by atoms with van der Waals surface area (Å²) in [5.41, 5.74) is 3.18. The van der Waals surface area contributed by atoms with E-state index in [1.165, 1.54) is 6.07 Å². The first kappa shape index (κ1) is 26.1. The van der Waals surface area contributed by atoms with Crippen molar-refractivity contribution in [3.63, 3.8) is 0 Å². The number of carbonyl (C=O) groups is 3. The van der Waals surface area contributed by atoms with E-state index in [9.17, 15) is 19.6 Å². The molecular formula is C30H29ClN6O3. The van der Waals surface area contributed by atoms with Crippen molar-refractivity contribution in [2.45, 2.75) is 64.2 Å². The van der Waals surface area contributed by atoms with Crippen molar-refractivity contribution >= 4 is 35.1 Å². The maximum Gasteiger partial charge on any atom is 0.332 e. The molecule has 10 heteroatoms. The van der Waals surface area contributed by atoms with E-state index in [1.54, 1.807) is 27.5 Å². The first-order chi connectivity index (χ1) is 19.0. The molecule has 3 aliphatic heterocycles.